The predicted octanol–water partition coefficient (Wildman–Crippen LogP) is 6.79. The maximum atomic E-state index is 14.1. The number of rotatable bonds is 10. The zero-order valence-electron chi connectivity index (χ0n) is 38.3. The number of halogens is 1. The number of para-hydroxylation sites is 2. The van der Waals surface area contributed by atoms with Crippen molar-refractivity contribution in [3.05, 3.63) is 196 Å². The van der Waals surface area contributed by atoms with E-state index in [-0.39, 0.29) is 23.2 Å². The van der Waals surface area contributed by atoms with Crippen molar-refractivity contribution in [3.8, 4) is 22.5 Å². The first-order valence-corrected chi connectivity index (χ1v) is 22.8. The maximum absolute atomic E-state index is 14.1. The summed E-state index contributed by atoms with van der Waals surface area (Å²) in [5.41, 5.74) is 7.53. The van der Waals surface area contributed by atoms with Gasteiger partial charge in [-0.25, -0.2) is 29.9 Å². The molecule has 8 heterocycles. The Morgan fingerprint density at radius 3 is 1.61 bits per heavy atom. The number of nitrogens with zero attached hydrogens (tertiary/aromatic N) is 10. The van der Waals surface area contributed by atoms with Crippen molar-refractivity contribution in [1.82, 2.24) is 69.4 Å². The highest BCUT2D eigenvalue weighted by molar-refractivity contribution is 6.58. The highest BCUT2D eigenvalue weighted by Gasteiger charge is 2.22. The van der Waals surface area contributed by atoms with Gasteiger partial charge in [-0.3, -0.25) is 28.9 Å². The first-order chi connectivity index (χ1) is 35.1. The Balaban J connectivity index is 0.000000144. The normalized spacial score (nSPS) is 12.0. The second-order valence-electron chi connectivity index (χ2n) is 16.3. The monoisotopic (exact) mass is 976 g/mol. The van der Waals surface area contributed by atoms with Gasteiger partial charge in [0.25, 0.3) is 11.1 Å². The summed E-state index contributed by atoms with van der Waals surface area (Å²) >= 11 is 6.38. The molecule has 22 heteroatoms. The lowest BCUT2D eigenvalue weighted by Gasteiger charge is -2.22. The van der Waals surface area contributed by atoms with E-state index in [9.17, 15) is 9.59 Å². The minimum absolute atomic E-state index is 0.0986. The lowest BCUT2D eigenvalue weighted by molar-refractivity contribution is 0.426. The molecule has 20 nitrogen and oxygen atoms in total. The van der Waals surface area contributed by atoms with Gasteiger partial charge in [-0.05, 0) is 72.6 Å². The third-order valence-electron chi connectivity index (χ3n) is 11.8. The molecule has 0 radical (unpaired) electrons. The van der Waals surface area contributed by atoms with Crippen LogP contribution in [0.1, 0.15) is 37.3 Å². The minimum Gasteiger partial charge on any atom is -0.423 e. The molecule has 0 aliphatic rings. The van der Waals surface area contributed by atoms with Crippen molar-refractivity contribution in [3.63, 3.8) is 0 Å². The van der Waals surface area contributed by atoms with Gasteiger partial charge in [-0.1, -0.05) is 78.3 Å². The van der Waals surface area contributed by atoms with Crippen molar-refractivity contribution in [1.29, 1.82) is 0 Å². The van der Waals surface area contributed by atoms with E-state index < -0.39 is 7.12 Å². The van der Waals surface area contributed by atoms with Gasteiger partial charge in [0, 0.05) is 52.4 Å². The fourth-order valence-electron chi connectivity index (χ4n) is 8.39. The Kier molecular flexibility index (Phi) is 13.1. The van der Waals surface area contributed by atoms with Crippen LogP contribution in [0.4, 0.5) is 11.6 Å². The van der Waals surface area contributed by atoms with Gasteiger partial charge in [0.05, 0.1) is 46.7 Å². The molecule has 8 N–H and O–H groups in total. The number of pyridine rings is 2. The van der Waals surface area contributed by atoms with Crippen LogP contribution in [-0.2, 0) is 0 Å². The zero-order valence-corrected chi connectivity index (χ0v) is 39.1. The summed E-state index contributed by atoms with van der Waals surface area (Å²) in [5, 5.41) is 39.7. The van der Waals surface area contributed by atoms with Gasteiger partial charge >= 0.3 is 7.12 Å². The van der Waals surface area contributed by atoms with Crippen molar-refractivity contribution in [2.75, 3.05) is 10.6 Å². The van der Waals surface area contributed by atoms with Crippen molar-refractivity contribution < 1.29 is 10.0 Å². The first kappa shape index (κ1) is 46.4. The molecular weight excluding hydrogens is 935 g/mol. The number of aromatic nitrogens is 14. The highest BCUT2D eigenvalue weighted by atomic mass is 35.5. The molecule has 0 saturated heterocycles. The van der Waals surface area contributed by atoms with Crippen LogP contribution >= 0.6 is 11.6 Å². The Bertz CT molecular complexity index is 3920. The van der Waals surface area contributed by atoms with Crippen LogP contribution in [0, 0.1) is 0 Å². The molecule has 0 aliphatic carbocycles. The molecule has 356 valence electrons. The van der Waals surface area contributed by atoms with Gasteiger partial charge in [0.2, 0.25) is 0 Å². The zero-order chi connectivity index (χ0) is 49.7. The molecule has 4 aromatic carbocycles. The van der Waals surface area contributed by atoms with Crippen LogP contribution < -0.4 is 27.2 Å². The van der Waals surface area contributed by atoms with E-state index in [0.29, 0.717) is 55.2 Å². The van der Waals surface area contributed by atoms with E-state index in [0.717, 1.165) is 44.7 Å². The van der Waals surface area contributed by atoms with Gasteiger partial charge in [0.1, 0.15) is 23.7 Å². The Labute approximate surface area is 413 Å². The lowest BCUT2D eigenvalue weighted by atomic mass is 9.83. The molecule has 2 atom stereocenters. The first-order valence-electron chi connectivity index (χ1n) is 22.4. The van der Waals surface area contributed by atoms with Gasteiger partial charge in [0.15, 0.2) is 22.9 Å². The summed E-state index contributed by atoms with van der Waals surface area (Å²) in [7, 11) is -1.41. The number of aromatic amines is 4. The highest BCUT2D eigenvalue weighted by Crippen LogP contribution is 2.31. The summed E-state index contributed by atoms with van der Waals surface area (Å²) in [6, 6.07) is 34.0. The van der Waals surface area contributed by atoms with Crippen LogP contribution in [0.3, 0.4) is 0 Å². The lowest BCUT2D eigenvalue weighted by Crippen LogP contribution is -2.28. The molecule has 12 rings (SSSR count). The molecule has 0 unspecified atom stereocenters. The van der Waals surface area contributed by atoms with E-state index in [2.05, 4.69) is 77.0 Å². The molecule has 0 aliphatic heterocycles. The number of hydrogen-bond donors (Lipinski definition) is 8. The van der Waals surface area contributed by atoms with E-state index in [1.807, 2.05) is 111 Å². The Hall–Kier alpha value is -9.31. The average molecular weight is 977 g/mol. The van der Waals surface area contributed by atoms with Crippen molar-refractivity contribution >= 4 is 79.7 Å². The molecule has 72 heavy (non-hydrogen) atoms. The minimum atomic E-state index is -1.41. The van der Waals surface area contributed by atoms with Crippen LogP contribution in [0.5, 0.6) is 0 Å². The second-order valence-corrected chi connectivity index (χ2v) is 16.7. The third-order valence-corrected chi connectivity index (χ3v) is 12.1. The van der Waals surface area contributed by atoms with E-state index >= 15 is 0 Å². The molecular formula is C50H42BClN16O4. The van der Waals surface area contributed by atoms with Crippen LogP contribution in [0.15, 0.2) is 169 Å². The third kappa shape index (κ3) is 9.28. The number of H-pyrrole nitrogens is 4. The van der Waals surface area contributed by atoms with Gasteiger partial charge in [-0.15, -0.1) is 0 Å². The number of anilines is 2. The molecule has 0 fully saturated rings. The number of benzene rings is 4. The summed E-state index contributed by atoms with van der Waals surface area (Å²) in [4.78, 5) is 59.1. The fourth-order valence-corrected chi connectivity index (χ4v) is 8.66. The summed E-state index contributed by atoms with van der Waals surface area (Å²) in [6.07, 6.45) is 12.4. The summed E-state index contributed by atoms with van der Waals surface area (Å²) < 4.78 is 3.45. The largest absolute Gasteiger partial charge is 0.491 e. The maximum Gasteiger partial charge on any atom is 0.491 e. The standard InChI is InChI=1S/C25H20N8O.C22H17ClN6O.C3H5BN2O2/c1-15(32-24-22-23(27-13-26-22)28-14-29-24)20-10-16-6-5-9-19(17-11-30-31-12-17)21(16)25(34)33(20)18-7-3-2-4-8-18;1-13(28-21-19-20(25-11-24-19)26-12-27-21)17-10-14-6-5-9-16(23)18(14)22(30)29(17)15-7-3-2-4-8-15;7-4(8)3-1-5-6-2-3/h2-15H,1H3,(H,30,31)(H2,26,27,28,29,32);2-13H,1H3,(H2,24,25,26,27,28);1-2,7-8H,(H,5,6)/t15-;13-;/m00./s1. The quantitative estimate of drug-likeness (QED) is 0.0656. The topological polar surface area (TPSA) is 275 Å². The van der Waals surface area contributed by atoms with Gasteiger partial charge in [-0.2, -0.15) is 10.2 Å². The molecule has 12 aromatic rings. The van der Waals surface area contributed by atoms with E-state index in [4.69, 9.17) is 21.6 Å². The summed E-state index contributed by atoms with van der Waals surface area (Å²) in [6.45, 7) is 3.99. The molecule has 0 saturated carbocycles. The predicted molar refractivity (Wildman–Crippen MR) is 278 cm³/mol. The number of imidazole rings is 2. The average Bonchev–Trinajstić information content (AvgIpc) is 4.27. The van der Waals surface area contributed by atoms with Crippen molar-refractivity contribution in [2.45, 2.75) is 25.9 Å². The van der Waals surface area contributed by atoms with Crippen LogP contribution in [-0.4, -0.2) is 86.6 Å². The molecule has 0 bridgehead atoms. The van der Waals surface area contributed by atoms with Crippen molar-refractivity contribution in [2.24, 2.45) is 0 Å². The van der Waals surface area contributed by atoms with E-state index in [1.54, 1.807) is 40.2 Å². The van der Waals surface area contributed by atoms with Gasteiger partial charge < -0.3 is 30.6 Å². The molecule has 8 aromatic heterocycles. The van der Waals surface area contributed by atoms with Crippen LogP contribution in [0.25, 0.3) is 66.4 Å². The Morgan fingerprint density at radius 2 is 1.11 bits per heavy atom. The SMILES string of the molecule is C[C@H](Nc1ncnc2nc[nH]c12)c1cc2cccc(-c3cn[nH]c3)c2c(=O)n1-c1ccccc1.C[C@H](Nc1ncnc2nc[nH]c12)c1cc2cccc(Cl)c2c(=O)n1-c1ccccc1.OB(O)c1cn[nH]c1. The fraction of sp³-hybridized carbons (Fsp3) is 0.0800. The smallest absolute Gasteiger partial charge is 0.423 e. The number of hydrogen-bond acceptors (Lipinski definition) is 14. The molecule has 0 amide bonds. The van der Waals surface area contributed by atoms with E-state index in [1.165, 1.54) is 25.0 Å². The van der Waals surface area contributed by atoms with Crippen LogP contribution in [0.2, 0.25) is 5.02 Å². The number of nitrogens with one attached hydrogen (secondary N) is 6. The molecule has 0 spiro atoms. The second kappa shape index (κ2) is 20.3. The Morgan fingerprint density at radius 1 is 0.597 bits per heavy atom. The number of fused-ring (bicyclic) bond motifs is 4. The summed E-state index contributed by atoms with van der Waals surface area (Å²) in [5.74, 6) is 1.23.